The number of nitrogens with zero attached hydrogens (tertiary/aromatic N) is 3. The van der Waals surface area contributed by atoms with Gasteiger partial charge in [-0.25, -0.2) is 4.98 Å². The van der Waals surface area contributed by atoms with Gasteiger partial charge in [-0.05, 0) is 44.5 Å². The van der Waals surface area contributed by atoms with Gasteiger partial charge in [0.25, 0.3) is 0 Å². The zero-order chi connectivity index (χ0) is 15.6. The molecule has 1 amide bonds. The number of anilines is 1. The minimum atomic E-state index is -0.548. The lowest BCUT2D eigenvalue weighted by atomic mass is 9.97. The normalized spacial score (nSPS) is 18.2. The Morgan fingerprint density at radius 2 is 2.10 bits per heavy atom. The largest absolute Gasteiger partial charge is 0.342 e. The number of carbonyl (C=O) groups is 1. The average Bonchev–Trinajstić information content (AvgIpc) is 2.44. The third kappa shape index (κ3) is 3.02. The Labute approximate surface area is 127 Å². The van der Waals surface area contributed by atoms with E-state index in [1.165, 1.54) is 5.56 Å². The van der Waals surface area contributed by atoms with E-state index in [0.29, 0.717) is 0 Å². The molecule has 2 rings (SSSR count). The zero-order valence-corrected chi connectivity index (χ0v) is 13.7. The van der Waals surface area contributed by atoms with Gasteiger partial charge in [0, 0.05) is 32.9 Å². The first kappa shape index (κ1) is 15.8. The van der Waals surface area contributed by atoms with E-state index in [4.69, 9.17) is 0 Å². The van der Waals surface area contributed by atoms with E-state index in [-0.39, 0.29) is 5.91 Å². The Kier molecular flexibility index (Phi) is 4.52. The molecule has 1 N–H and O–H groups in total. The van der Waals surface area contributed by atoms with Crippen molar-refractivity contribution in [2.75, 3.05) is 31.6 Å². The molecule has 2 heterocycles. The summed E-state index contributed by atoms with van der Waals surface area (Å²) >= 11 is 0. The second-order valence-electron chi connectivity index (χ2n) is 6.20. The van der Waals surface area contributed by atoms with Crippen molar-refractivity contribution in [3.63, 3.8) is 0 Å². The molecule has 0 saturated carbocycles. The van der Waals surface area contributed by atoms with Crippen molar-refractivity contribution in [2.24, 2.45) is 0 Å². The highest BCUT2D eigenvalue weighted by molar-refractivity contribution is 5.90. The van der Waals surface area contributed by atoms with E-state index in [2.05, 4.69) is 35.1 Å². The van der Waals surface area contributed by atoms with E-state index in [1.54, 1.807) is 4.90 Å². The van der Waals surface area contributed by atoms with Crippen LogP contribution in [0.4, 0.5) is 5.82 Å². The van der Waals surface area contributed by atoms with E-state index in [0.717, 1.165) is 37.6 Å². The molecule has 5 heteroatoms. The fourth-order valence-corrected chi connectivity index (χ4v) is 2.86. The summed E-state index contributed by atoms with van der Waals surface area (Å²) in [4.78, 5) is 20.9. The molecule has 0 bridgehead atoms. The number of aryl methyl sites for hydroxylation is 1. The van der Waals surface area contributed by atoms with Crippen LogP contribution in [0.3, 0.4) is 0 Å². The molecule has 1 fully saturated rings. The third-order valence-corrected chi connectivity index (χ3v) is 4.15. The number of amides is 1. The monoisotopic (exact) mass is 290 g/mol. The summed E-state index contributed by atoms with van der Waals surface area (Å²) in [5.74, 6) is 1.06. The van der Waals surface area contributed by atoms with Gasteiger partial charge < -0.3 is 15.1 Å². The minimum Gasteiger partial charge on any atom is -0.342 e. The summed E-state index contributed by atoms with van der Waals surface area (Å²) in [6.45, 7) is 11.4. The van der Waals surface area contributed by atoms with Crippen LogP contribution in [0.1, 0.15) is 31.9 Å². The summed E-state index contributed by atoms with van der Waals surface area (Å²) in [6, 6.07) is 2.16. The van der Waals surface area contributed by atoms with Gasteiger partial charge in [0.15, 0.2) is 0 Å². The van der Waals surface area contributed by atoms with Crippen molar-refractivity contribution in [2.45, 2.75) is 39.8 Å². The van der Waals surface area contributed by atoms with Crippen molar-refractivity contribution in [1.29, 1.82) is 0 Å². The number of likely N-dealkylation sites (N-methyl/N-ethyl adjacent to an activating group) is 1. The molecule has 0 radical (unpaired) electrons. The smallest absolute Gasteiger partial charge is 0.247 e. The van der Waals surface area contributed by atoms with Crippen LogP contribution >= 0.6 is 0 Å². The Balaban J connectivity index is 2.27. The van der Waals surface area contributed by atoms with Crippen LogP contribution in [0, 0.1) is 6.92 Å². The van der Waals surface area contributed by atoms with Gasteiger partial charge in [-0.2, -0.15) is 0 Å². The molecule has 1 aliphatic heterocycles. The highest BCUT2D eigenvalue weighted by atomic mass is 16.2. The van der Waals surface area contributed by atoms with E-state index < -0.39 is 5.54 Å². The summed E-state index contributed by atoms with van der Waals surface area (Å²) in [6.07, 6.45) is 1.91. The number of aromatic nitrogens is 1. The van der Waals surface area contributed by atoms with Crippen LogP contribution in [0.25, 0.3) is 0 Å². The molecule has 0 spiro atoms. The third-order valence-electron chi connectivity index (χ3n) is 4.15. The lowest BCUT2D eigenvalue weighted by molar-refractivity contribution is -0.136. The molecule has 5 nitrogen and oxygen atoms in total. The van der Waals surface area contributed by atoms with Crippen LogP contribution in [0.5, 0.6) is 0 Å². The predicted octanol–water partition coefficient (Wildman–Crippen LogP) is 1.56. The second kappa shape index (κ2) is 6.02. The molecule has 0 atom stereocenters. The van der Waals surface area contributed by atoms with Crippen molar-refractivity contribution in [3.05, 3.63) is 23.4 Å². The molecule has 0 aromatic carbocycles. The van der Waals surface area contributed by atoms with E-state index >= 15 is 0 Å². The van der Waals surface area contributed by atoms with Gasteiger partial charge in [-0.3, -0.25) is 4.79 Å². The number of rotatable bonds is 4. The lowest BCUT2D eigenvalue weighted by Gasteiger charge is -2.45. The van der Waals surface area contributed by atoms with Gasteiger partial charge >= 0.3 is 0 Å². The standard InChI is InChI=1S/C16H26N4O/c1-6-17-10-13-9-12(2)14(18-11-13)20-8-7-19(5)15(21)16(20,3)4/h9,11,17H,6-8,10H2,1-5H3. The maximum atomic E-state index is 12.4. The van der Waals surface area contributed by atoms with Crippen molar-refractivity contribution < 1.29 is 4.79 Å². The number of piperazine rings is 1. The number of nitrogens with one attached hydrogen (secondary N) is 1. The Morgan fingerprint density at radius 3 is 2.71 bits per heavy atom. The Bertz CT molecular complexity index is 527. The summed E-state index contributed by atoms with van der Waals surface area (Å²) in [5, 5.41) is 3.31. The number of pyridine rings is 1. The van der Waals surface area contributed by atoms with Crippen LogP contribution < -0.4 is 10.2 Å². The fourth-order valence-electron chi connectivity index (χ4n) is 2.86. The van der Waals surface area contributed by atoms with Gasteiger partial charge in [0.05, 0.1) is 0 Å². The summed E-state index contributed by atoms with van der Waals surface area (Å²) < 4.78 is 0. The maximum absolute atomic E-state index is 12.4. The molecule has 1 aliphatic rings. The first-order valence-electron chi connectivity index (χ1n) is 7.57. The SMILES string of the molecule is CCNCc1cnc(N2CCN(C)C(=O)C2(C)C)c(C)c1. The predicted molar refractivity (Wildman–Crippen MR) is 85.4 cm³/mol. The van der Waals surface area contributed by atoms with Crippen LogP contribution in [-0.4, -0.2) is 48.0 Å². The average molecular weight is 290 g/mol. The topological polar surface area (TPSA) is 48.5 Å². The van der Waals surface area contributed by atoms with Crippen LogP contribution in [0.15, 0.2) is 12.3 Å². The molecule has 116 valence electrons. The highest BCUT2D eigenvalue weighted by Crippen LogP contribution is 2.29. The molecule has 1 aromatic rings. The maximum Gasteiger partial charge on any atom is 0.247 e. The first-order valence-corrected chi connectivity index (χ1v) is 7.57. The quantitative estimate of drug-likeness (QED) is 0.914. The molecule has 1 saturated heterocycles. The fraction of sp³-hybridized carbons (Fsp3) is 0.625. The number of carbonyl (C=O) groups excluding carboxylic acids is 1. The van der Waals surface area contributed by atoms with E-state index in [1.807, 2.05) is 27.1 Å². The van der Waals surface area contributed by atoms with Crippen LogP contribution in [0.2, 0.25) is 0 Å². The Hall–Kier alpha value is -1.62. The second-order valence-corrected chi connectivity index (χ2v) is 6.20. The molecular formula is C16H26N4O. The number of hydrogen-bond donors (Lipinski definition) is 1. The van der Waals surface area contributed by atoms with Crippen molar-refractivity contribution in [1.82, 2.24) is 15.2 Å². The zero-order valence-electron chi connectivity index (χ0n) is 13.7. The van der Waals surface area contributed by atoms with Crippen LogP contribution in [-0.2, 0) is 11.3 Å². The van der Waals surface area contributed by atoms with Crippen molar-refractivity contribution in [3.8, 4) is 0 Å². The van der Waals surface area contributed by atoms with Gasteiger partial charge in [0.1, 0.15) is 11.4 Å². The first-order chi connectivity index (χ1) is 9.87. The lowest BCUT2D eigenvalue weighted by Crippen LogP contribution is -2.62. The molecule has 0 unspecified atom stereocenters. The van der Waals surface area contributed by atoms with Gasteiger partial charge in [-0.1, -0.05) is 6.92 Å². The van der Waals surface area contributed by atoms with E-state index in [9.17, 15) is 4.79 Å². The molecule has 1 aromatic heterocycles. The molecule has 0 aliphatic carbocycles. The Morgan fingerprint density at radius 1 is 1.38 bits per heavy atom. The summed E-state index contributed by atoms with van der Waals surface area (Å²) in [7, 11) is 1.86. The van der Waals surface area contributed by atoms with Gasteiger partial charge in [-0.15, -0.1) is 0 Å². The number of hydrogen-bond acceptors (Lipinski definition) is 4. The molecule has 21 heavy (non-hydrogen) atoms. The van der Waals surface area contributed by atoms with Crippen molar-refractivity contribution >= 4 is 11.7 Å². The van der Waals surface area contributed by atoms with Gasteiger partial charge in [0.2, 0.25) is 5.91 Å². The minimum absolute atomic E-state index is 0.145. The highest BCUT2D eigenvalue weighted by Gasteiger charge is 2.41. The summed E-state index contributed by atoms with van der Waals surface area (Å²) in [5.41, 5.74) is 1.75. The molecular weight excluding hydrogens is 264 g/mol.